The summed E-state index contributed by atoms with van der Waals surface area (Å²) < 4.78 is 1.95. The van der Waals surface area contributed by atoms with E-state index < -0.39 is 0 Å². The first kappa shape index (κ1) is 14.2. The monoisotopic (exact) mass is 311 g/mol. The minimum atomic E-state index is -0.143. The Labute approximate surface area is 135 Å². The maximum absolute atomic E-state index is 12.4. The van der Waals surface area contributed by atoms with E-state index in [2.05, 4.69) is 20.7 Å². The van der Waals surface area contributed by atoms with Crippen molar-refractivity contribution in [3.63, 3.8) is 0 Å². The molecule has 2 heterocycles. The molecule has 0 unspecified atom stereocenters. The summed E-state index contributed by atoms with van der Waals surface area (Å²) in [5, 5.41) is 10.6. The molecule has 120 valence electrons. The van der Waals surface area contributed by atoms with Crippen LogP contribution in [0.5, 0.6) is 0 Å². The van der Waals surface area contributed by atoms with Crippen molar-refractivity contribution in [1.29, 1.82) is 0 Å². The van der Waals surface area contributed by atoms with E-state index in [-0.39, 0.29) is 5.91 Å². The number of rotatable bonds is 5. The van der Waals surface area contributed by atoms with E-state index in [4.69, 9.17) is 0 Å². The average Bonchev–Trinajstić information content (AvgIpc) is 3.03. The van der Waals surface area contributed by atoms with E-state index in [1.54, 1.807) is 12.4 Å². The standard InChI is InChI=1S/C17H21N5O/c23-17(12-5-8-15(18-11-12)20-13-6-7-13)21-16-9-10-19-22(16)14-3-1-2-4-14/h5,8-11,13-14H,1-4,6-7H2,(H,18,20)(H,21,23). The fourth-order valence-corrected chi connectivity index (χ4v) is 3.09. The van der Waals surface area contributed by atoms with Crippen molar-refractivity contribution in [3.8, 4) is 0 Å². The number of hydrogen-bond donors (Lipinski definition) is 2. The van der Waals surface area contributed by atoms with E-state index in [0.717, 1.165) is 24.5 Å². The number of nitrogens with one attached hydrogen (secondary N) is 2. The molecule has 2 N–H and O–H groups in total. The lowest BCUT2D eigenvalue weighted by atomic mass is 10.2. The fraction of sp³-hybridized carbons (Fsp3) is 0.471. The van der Waals surface area contributed by atoms with Crippen LogP contribution in [0.1, 0.15) is 54.9 Å². The van der Waals surface area contributed by atoms with Crippen molar-refractivity contribution < 1.29 is 4.79 Å². The lowest BCUT2D eigenvalue weighted by Crippen LogP contribution is -2.18. The maximum atomic E-state index is 12.4. The van der Waals surface area contributed by atoms with Crippen molar-refractivity contribution in [3.05, 3.63) is 36.2 Å². The largest absolute Gasteiger partial charge is 0.367 e. The second kappa shape index (κ2) is 6.02. The zero-order valence-corrected chi connectivity index (χ0v) is 13.0. The van der Waals surface area contributed by atoms with Gasteiger partial charge < -0.3 is 10.6 Å². The molecule has 2 aromatic heterocycles. The Morgan fingerprint density at radius 3 is 2.65 bits per heavy atom. The van der Waals surface area contributed by atoms with Crippen LogP contribution in [0.3, 0.4) is 0 Å². The molecule has 4 rings (SSSR count). The summed E-state index contributed by atoms with van der Waals surface area (Å²) in [6.07, 6.45) is 10.5. The Morgan fingerprint density at radius 1 is 1.13 bits per heavy atom. The molecule has 2 saturated carbocycles. The second-order valence-electron chi connectivity index (χ2n) is 6.40. The highest BCUT2D eigenvalue weighted by Gasteiger charge is 2.22. The molecule has 2 aromatic rings. The predicted octanol–water partition coefficient (Wildman–Crippen LogP) is 3.22. The van der Waals surface area contributed by atoms with Crippen LogP contribution >= 0.6 is 0 Å². The highest BCUT2D eigenvalue weighted by atomic mass is 16.1. The zero-order valence-electron chi connectivity index (χ0n) is 13.0. The Bertz CT molecular complexity index is 683. The van der Waals surface area contributed by atoms with Gasteiger partial charge in [-0.25, -0.2) is 9.67 Å². The first-order valence-electron chi connectivity index (χ1n) is 8.37. The highest BCUT2D eigenvalue weighted by Crippen LogP contribution is 2.31. The summed E-state index contributed by atoms with van der Waals surface area (Å²) in [6.45, 7) is 0. The lowest BCUT2D eigenvalue weighted by Gasteiger charge is -2.14. The quantitative estimate of drug-likeness (QED) is 0.889. The van der Waals surface area contributed by atoms with Gasteiger partial charge in [0.2, 0.25) is 0 Å². The molecule has 0 aliphatic heterocycles. The lowest BCUT2D eigenvalue weighted by molar-refractivity contribution is 0.102. The van der Waals surface area contributed by atoms with Crippen LogP contribution in [0, 0.1) is 0 Å². The van der Waals surface area contributed by atoms with E-state index in [1.807, 2.05) is 22.9 Å². The van der Waals surface area contributed by atoms with Crippen molar-refractivity contribution in [2.24, 2.45) is 0 Å². The molecule has 0 spiro atoms. The molecule has 6 heteroatoms. The molecule has 2 fully saturated rings. The Hall–Kier alpha value is -2.37. The number of anilines is 2. The molecule has 1 amide bonds. The minimum Gasteiger partial charge on any atom is -0.367 e. The van der Waals surface area contributed by atoms with E-state index in [1.165, 1.54) is 25.7 Å². The Kier molecular flexibility index (Phi) is 3.73. The number of amides is 1. The first-order chi connectivity index (χ1) is 11.3. The van der Waals surface area contributed by atoms with Gasteiger partial charge in [-0.2, -0.15) is 5.10 Å². The van der Waals surface area contributed by atoms with E-state index in [0.29, 0.717) is 17.6 Å². The molecule has 0 bridgehead atoms. The molecule has 2 aliphatic carbocycles. The van der Waals surface area contributed by atoms with Crippen molar-refractivity contribution in [1.82, 2.24) is 14.8 Å². The van der Waals surface area contributed by atoms with Gasteiger partial charge in [0.05, 0.1) is 17.8 Å². The third kappa shape index (κ3) is 3.21. The van der Waals surface area contributed by atoms with Crippen LogP contribution in [-0.4, -0.2) is 26.7 Å². The van der Waals surface area contributed by atoms with Gasteiger partial charge in [-0.3, -0.25) is 4.79 Å². The molecular weight excluding hydrogens is 290 g/mol. The van der Waals surface area contributed by atoms with Crippen LogP contribution in [0.2, 0.25) is 0 Å². The van der Waals surface area contributed by atoms with Crippen LogP contribution in [0.15, 0.2) is 30.6 Å². The summed E-state index contributed by atoms with van der Waals surface area (Å²) in [4.78, 5) is 16.7. The number of pyridine rings is 1. The smallest absolute Gasteiger partial charge is 0.258 e. The van der Waals surface area contributed by atoms with Crippen molar-refractivity contribution in [2.75, 3.05) is 10.6 Å². The predicted molar refractivity (Wildman–Crippen MR) is 88.6 cm³/mol. The number of nitrogens with zero attached hydrogens (tertiary/aromatic N) is 3. The van der Waals surface area contributed by atoms with Crippen molar-refractivity contribution >= 4 is 17.5 Å². The van der Waals surface area contributed by atoms with Crippen LogP contribution in [0.4, 0.5) is 11.6 Å². The summed E-state index contributed by atoms with van der Waals surface area (Å²) in [5.74, 6) is 1.46. The topological polar surface area (TPSA) is 71.8 Å². The van der Waals surface area contributed by atoms with Gasteiger partial charge in [0, 0.05) is 18.3 Å². The zero-order chi connectivity index (χ0) is 15.6. The molecule has 0 aromatic carbocycles. The number of hydrogen-bond acceptors (Lipinski definition) is 4. The van der Waals surface area contributed by atoms with Gasteiger partial charge in [-0.1, -0.05) is 12.8 Å². The Balaban J connectivity index is 1.44. The average molecular weight is 311 g/mol. The van der Waals surface area contributed by atoms with Crippen molar-refractivity contribution in [2.45, 2.75) is 50.6 Å². The minimum absolute atomic E-state index is 0.143. The summed E-state index contributed by atoms with van der Waals surface area (Å²) >= 11 is 0. The van der Waals surface area contributed by atoms with Crippen LogP contribution in [0.25, 0.3) is 0 Å². The molecular formula is C17H21N5O. The number of carbonyl (C=O) groups is 1. The molecule has 2 aliphatic rings. The highest BCUT2D eigenvalue weighted by molar-refractivity contribution is 6.03. The van der Waals surface area contributed by atoms with Gasteiger partial charge >= 0.3 is 0 Å². The van der Waals surface area contributed by atoms with Gasteiger partial charge in [0.1, 0.15) is 11.6 Å². The number of aromatic nitrogens is 3. The SMILES string of the molecule is O=C(Nc1ccnn1C1CCCC1)c1ccc(NC2CC2)nc1. The third-order valence-electron chi connectivity index (χ3n) is 4.54. The Morgan fingerprint density at radius 2 is 1.96 bits per heavy atom. The first-order valence-corrected chi connectivity index (χ1v) is 8.37. The normalized spacial score (nSPS) is 18.1. The molecule has 23 heavy (non-hydrogen) atoms. The van der Waals surface area contributed by atoms with E-state index in [9.17, 15) is 4.79 Å². The molecule has 0 radical (unpaired) electrons. The molecule has 0 atom stereocenters. The van der Waals surface area contributed by atoms with Gasteiger partial charge in [0.15, 0.2) is 0 Å². The third-order valence-corrected chi connectivity index (χ3v) is 4.54. The molecule has 6 nitrogen and oxygen atoms in total. The fourth-order valence-electron chi connectivity index (χ4n) is 3.09. The second-order valence-corrected chi connectivity index (χ2v) is 6.40. The summed E-state index contributed by atoms with van der Waals surface area (Å²) in [6, 6.07) is 6.49. The van der Waals surface area contributed by atoms with Gasteiger partial charge in [-0.15, -0.1) is 0 Å². The van der Waals surface area contributed by atoms with Gasteiger partial charge in [0.25, 0.3) is 5.91 Å². The van der Waals surface area contributed by atoms with Gasteiger partial charge in [-0.05, 0) is 37.8 Å². The summed E-state index contributed by atoms with van der Waals surface area (Å²) in [5.41, 5.74) is 0.561. The number of carbonyl (C=O) groups excluding carboxylic acids is 1. The maximum Gasteiger partial charge on any atom is 0.258 e. The molecule has 0 saturated heterocycles. The van der Waals surface area contributed by atoms with E-state index >= 15 is 0 Å². The van der Waals surface area contributed by atoms with Crippen LogP contribution in [-0.2, 0) is 0 Å². The van der Waals surface area contributed by atoms with Crippen LogP contribution < -0.4 is 10.6 Å². The summed E-state index contributed by atoms with van der Waals surface area (Å²) in [7, 11) is 0.